The van der Waals surface area contributed by atoms with Gasteiger partial charge >= 0.3 is 12.1 Å². The summed E-state index contributed by atoms with van der Waals surface area (Å²) >= 11 is 0. The molecule has 0 aliphatic carbocycles. The molecule has 1 atom stereocenters. The Kier molecular flexibility index (Phi) is 15.0. The molecule has 0 fully saturated rings. The highest BCUT2D eigenvalue weighted by atomic mass is 16.6. The van der Waals surface area contributed by atoms with Crippen molar-refractivity contribution in [2.24, 2.45) is 0 Å². The molecule has 0 aromatic heterocycles. The summed E-state index contributed by atoms with van der Waals surface area (Å²) in [6.45, 7) is 13.4. The third-order valence-electron chi connectivity index (χ3n) is 8.46. The highest BCUT2D eigenvalue weighted by Crippen LogP contribution is 2.28. The Morgan fingerprint density at radius 3 is 2.09 bits per heavy atom. The van der Waals surface area contributed by atoms with Gasteiger partial charge in [0.1, 0.15) is 35.5 Å². The highest BCUT2D eigenvalue weighted by molar-refractivity contribution is 5.75. The number of unbranched alkanes of at least 4 members (excludes halogenated alkanes) is 1. The third kappa shape index (κ3) is 14.4. The van der Waals surface area contributed by atoms with Crippen molar-refractivity contribution in [3.63, 3.8) is 0 Å². The van der Waals surface area contributed by atoms with Gasteiger partial charge in [-0.1, -0.05) is 93.6 Å². The van der Waals surface area contributed by atoms with Gasteiger partial charge in [-0.3, -0.25) is 0 Å². The molecule has 0 saturated carbocycles. The molecule has 4 aromatic carbocycles. The summed E-state index contributed by atoms with van der Waals surface area (Å²) in [6.07, 6.45) is 6.13. The largest absolute Gasteiger partial charge is 0.489 e. The van der Waals surface area contributed by atoms with E-state index in [0.29, 0.717) is 45.4 Å². The molecular formula is C45H56N2O6. The van der Waals surface area contributed by atoms with Crippen molar-refractivity contribution >= 4 is 12.1 Å². The van der Waals surface area contributed by atoms with Crippen molar-refractivity contribution in [2.75, 3.05) is 13.7 Å². The number of amides is 1. The third-order valence-corrected chi connectivity index (χ3v) is 8.46. The summed E-state index contributed by atoms with van der Waals surface area (Å²) in [5.74, 6) is 1.98. The standard InChI is InChI=1S/C45H56N2O6/c1-44(2,3)37-24-26-38(27-25-37)52-40-22-13-18-34(30-40)20-15-29-47(32-36-19-14-21-39(31-36)51-33-35-16-9-8-10-17-35)41(42(48)50-7)23-11-12-28-46-43(49)53-45(4,5)6/h8-10,13-19,21-22,24-27,29-31,41H,11-12,20,23,28,32-33H2,1-7H3,(H,46,49)/b29-15+/t41-/m0/s1. The minimum atomic E-state index is -0.566. The van der Waals surface area contributed by atoms with Gasteiger partial charge < -0.3 is 29.2 Å². The van der Waals surface area contributed by atoms with Crippen LogP contribution in [0.1, 0.15) is 83.1 Å². The zero-order valence-electron chi connectivity index (χ0n) is 32.4. The van der Waals surface area contributed by atoms with E-state index in [-0.39, 0.29) is 11.4 Å². The van der Waals surface area contributed by atoms with Crippen LogP contribution < -0.4 is 14.8 Å². The molecule has 0 aliphatic rings. The lowest BCUT2D eigenvalue weighted by Crippen LogP contribution is -2.38. The zero-order valence-corrected chi connectivity index (χ0v) is 32.4. The van der Waals surface area contributed by atoms with E-state index in [1.54, 1.807) is 0 Å². The average molecular weight is 721 g/mol. The van der Waals surface area contributed by atoms with Gasteiger partial charge in [0.25, 0.3) is 0 Å². The Bertz CT molecular complexity index is 1760. The molecule has 4 rings (SSSR count). The first-order valence-electron chi connectivity index (χ1n) is 18.4. The lowest BCUT2D eigenvalue weighted by atomic mass is 9.87. The summed E-state index contributed by atoms with van der Waals surface area (Å²) in [5, 5.41) is 2.81. The summed E-state index contributed by atoms with van der Waals surface area (Å²) in [5.41, 5.74) is 3.91. The Balaban J connectivity index is 1.47. The van der Waals surface area contributed by atoms with Crippen molar-refractivity contribution in [2.45, 2.75) is 97.4 Å². The maximum Gasteiger partial charge on any atom is 0.407 e. The van der Waals surface area contributed by atoms with Crippen molar-refractivity contribution in [3.05, 3.63) is 138 Å². The predicted molar refractivity (Wildman–Crippen MR) is 211 cm³/mol. The molecule has 0 spiro atoms. The van der Waals surface area contributed by atoms with Crippen LogP contribution in [0.25, 0.3) is 0 Å². The Hall–Kier alpha value is -5.24. The SMILES string of the molecule is COC(=O)[C@H](CCCCNC(=O)OC(C)(C)C)N(/C=C/Cc1cccc(Oc2ccc(C(C)(C)C)cc2)c1)Cc1cccc(OCc2ccccc2)c1. The van der Waals surface area contributed by atoms with Gasteiger partial charge in [0, 0.05) is 13.1 Å². The molecule has 0 saturated heterocycles. The molecule has 0 heterocycles. The molecule has 282 valence electrons. The second kappa shape index (κ2) is 19.6. The highest BCUT2D eigenvalue weighted by Gasteiger charge is 2.25. The van der Waals surface area contributed by atoms with Gasteiger partial charge in [0.15, 0.2) is 0 Å². The Morgan fingerprint density at radius 1 is 0.755 bits per heavy atom. The average Bonchev–Trinajstić information content (AvgIpc) is 3.11. The fraction of sp³-hybridized carbons (Fsp3) is 0.378. The first-order valence-corrected chi connectivity index (χ1v) is 18.4. The number of ether oxygens (including phenoxy) is 4. The van der Waals surface area contributed by atoms with Gasteiger partial charge in [0.05, 0.1) is 7.11 Å². The number of carbonyl (C=O) groups excluding carboxylic acids is 2. The number of rotatable bonds is 17. The van der Waals surface area contributed by atoms with E-state index in [0.717, 1.165) is 33.9 Å². The number of methoxy groups -OCH3 is 1. The van der Waals surface area contributed by atoms with Crippen LogP contribution in [0.5, 0.6) is 17.2 Å². The number of allylic oxidation sites excluding steroid dienone is 1. The number of alkyl carbamates (subject to hydrolysis) is 1. The van der Waals surface area contributed by atoms with Gasteiger partial charge in [-0.15, -0.1) is 0 Å². The summed E-state index contributed by atoms with van der Waals surface area (Å²) in [6, 6.07) is 33.7. The molecule has 1 amide bonds. The van der Waals surface area contributed by atoms with E-state index in [1.807, 2.05) is 117 Å². The lowest BCUT2D eigenvalue weighted by molar-refractivity contribution is -0.146. The van der Waals surface area contributed by atoms with Crippen LogP contribution in [0.4, 0.5) is 4.79 Å². The molecular weight excluding hydrogens is 665 g/mol. The number of nitrogens with zero attached hydrogens (tertiary/aromatic N) is 1. The van der Waals surface area contributed by atoms with E-state index in [4.69, 9.17) is 18.9 Å². The molecule has 0 radical (unpaired) electrons. The molecule has 8 nitrogen and oxygen atoms in total. The summed E-state index contributed by atoms with van der Waals surface area (Å²) in [4.78, 5) is 27.5. The molecule has 53 heavy (non-hydrogen) atoms. The van der Waals surface area contributed by atoms with Gasteiger partial charge in [-0.25, -0.2) is 9.59 Å². The van der Waals surface area contributed by atoms with Crippen LogP contribution in [0.2, 0.25) is 0 Å². The van der Waals surface area contributed by atoms with E-state index >= 15 is 0 Å². The number of hydrogen-bond acceptors (Lipinski definition) is 7. The lowest BCUT2D eigenvalue weighted by Gasteiger charge is -2.29. The second-order valence-corrected chi connectivity index (χ2v) is 15.2. The Labute approximate surface area is 316 Å². The minimum Gasteiger partial charge on any atom is -0.489 e. The number of hydrogen-bond donors (Lipinski definition) is 1. The van der Waals surface area contributed by atoms with Gasteiger partial charge in [0.2, 0.25) is 0 Å². The van der Waals surface area contributed by atoms with Crippen LogP contribution in [0.15, 0.2) is 115 Å². The van der Waals surface area contributed by atoms with Crippen molar-refractivity contribution in [1.29, 1.82) is 0 Å². The van der Waals surface area contributed by atoms with E-state index < -0.39 is 17.7 Å². The van der Waals surface area contributed by atoms with Crippen molar-refractivity contribution in [3.8, 4) is 17.2 Å². The van der Waals surface area contributed by atoms with Crippen LogP contribution in [-0.4, -0.2) is 42.3 Å². The maximum absolute atomic E-state index is 13.3. The van der Waals surface area contributed by atoms with Crippen LogP contribution in [-0.2, 0) is 39.3 Å². The topological polar surface area (TPSA) is 86.3 Å². The quantitative estimate of drug-likeness (QED) is 0.0858. The van der Waals surface area contributed by atoms with E-state index in [9.17, 15) is 9.59 Å². The van der Waals surface area contributed by atoms with Crippen LogP contribution in [0.3, 0.4) is 0 Å². The van der Waals surface area contributed by atoms with Gasteiger partial charge in [-0.2, -0.15) is 0 Å². The Morgan fingerprint density at radius 2 is 1.42 bits per heavy atom. The summed E-state index contributed by atoms with van der Waals surface area (Å²) < 4.78 is 23.0. The number of esters is 1. The fourth-order valence-corrected chi connectivity index (χ4v) is 5.69. The first kappa shape index (κ1) is 40.5. The van der Waals surface area contributed by atoms with Crippen molar-refractivity contribution in [1.82, 2.24) is 10.2 Å². The van der Waals surface area contributed by atoms with Crippen LogP contribution >= 0.6 is 0 Å². The van der Waals surface area contributed by atoms with E-state index in [1.165, 1.54) is 12.7 Å². The maximum atomic E-state index is 13.3. The number of nitrogens with one attached hydrogen (secondary N) is 1. The second-order valence-electron chi connectivity index (χ2n) is 15.2. The predicted octanol–water partition coefficient (Wildman–Crippen LogP) is 10.2. The monoisotopic (exact) mass is 720 g/mol. The molecule has 8 heteroatoms. The summed E-state index contributed by atoms with van der Waals surface area (Å²) in [7, 11) is 1.42. The smallest absolute Gasteiger partial charge is 0.407 e. The molecule has 4 aromatic rings. The molecule has 0 unspecified atom stereocenters. The molecule has 1 N–H and O–H groups in total. The van der Waals surface area contributed by atoms with Gasteiger partial charge in [-0.05, 0) is 117 Å². The van der Waals surface area contributed by atoms with Crippen LogP contribution in [0, 0.1) is 0 Å². The first-order chi connectivity index (χ1) is 25.3. The number of carbonyl (C=O) groups is 2. The van der Waals surface area contributed by atoms with Crippen molar-refractivity contribution < 1.29 is 28.5 Å². The van der Waals surface area contributed by atoms with E-state index in [2.05, 4.69) is 50.4 Å². The molecule has 0 aliphatic heterocycles. The normalized spacial score (nSPS) is 12.2. The number of benzene rings is 4. The minimum absolute atomic E-state index is 0.0729. The zero-order chi connectivity index (χ0) is 38.3. The molecule has 0 bridgehead atoms. The fourth-order valence-electron chi connectivity index (χ4n) is 5.69.